The molecule has 0 saturated carbocycles. The lowest BCUT2D eigenvalue weighted by Crippen LogP contribution is -2.40. The largest absolute Gasteiger partial charge is 0.495 e. The Morgan fingerprint density at radius 1 is 1.00 bits per heavy atom. The van der Waals surface area contributed by atoms with Gasteiger partial charge in [-0.3, -0.25) is 9.59 Å². The fourth-order valence-electron chi connectivity index (χ4n) is 2.28. The van der Waals surface area contributed by atoms with Gasteiger partial charge in [0.2, 0.25) is 5.91 Å². The molecule has 0 unspecified atom stereocenters. The number of hydrogen-bond donors (Lipinski definition) is 3. The van der Waals surface area contributed by atoms with E-state index >= 15 is 0 Å². The van der Waals surface area contributed by atoms with Gasteiger partial charge in [0.05, 0.1) is 19.3 Å². The first-order valence-electron chi connectivity index (χ1n) is 8.38. The van der Waals surface area contributed by atoms with Gasteiger partial charge in [-0.15, -0.1) is 0 Å². The summed E-state index contributed by atoms with van der Waals surface area (Å²) in [6, 6.07) is 14.2. The first kappa shape index (κ1) is 19.3. The lowest BCUT2D eigenvalue weighted by atomic mass is 10.1. The Labute approximate surface area is 153 Å². The highest BCUT2D eigenvalue weighted by molar-refractivity contribution is 5.96. The van der Waals surface area contributed by atoms with Gasteiger partial charge in [-0.2, -0.15) is 0 Å². The van der Waals surface area contributed by atoms with E-state index in [1.165, 1.54) is 0 Å². The van der Waals surface area contributed by atoms with E-state index < -0.39 is 0 Å². The smallest absolute Gasteiger partial charge is 0.251 e. The average molecular weight is 355 g/mol. The molecular weight excluding hydrogens is 330 g/mol. The third-order valence-corrected chi connectivity index (χ3v) is 3.47. The molecule has 0 saturated heterocycles. The van der Waals surface area contributed by atoms with E-state index in [0.29, 0.717) is 17.0 Å². The summed E-state index contributed by atoms with van der Waals surface area (Å²) in [7, 11) is 1.56. The van der Waals surface area contributed by atoms with Crippen molar-refractivity contribution in [2.45, 2.75) is 26.3 Å². The summed E-state index contributed by atoms with van der Waals surface area (Å²) < 4.78 is 5.21. The number of nitrogens with one attached hydrogen (secondary N) is 3. The Morgan fingerprint density at radius 3 is 2.27 bits per heavy atom. The minimum absolute atomic E-state index is 0.103. The maximum absolute atomic E-state index is 12.1. The second kappa shape index (κ2) is 8.38. The molecule has 0 radical (unpaired) electrons. The lowest BCUT2D eigenvalue weighted by molar-refractivity contribution is -0.114. The van der Waals surface area contributed by atoms with Crippen LogP contribution in [0.3, 0.4) is 0 Å². The van der Waals surface area contributed by atoms with Crippen molar-refractivity contribution in [3.05, 3.63) is 54.1 Å². The lowest BCUT2D eigenvalue weighted by Gasteiger charge is -2.20. The van der Waals surface area contributed by atoms with Crippen molar-refractivity contribution in [3.8, 4) is 5.75 Å². The fraction of sp³-hybridized carbons (Fsp3) is 0.300. The van der Waals surface area contributed by atoms with Crippen molar-refractivity contribution in [2.24, 2.45) is 0 Å². The summed E-state index contributed by atoms with van der Waals surface area (Å²) in [6.45, 7) is 5.90. The third-order valence-electron chi connectivity index (χ3n) is 3.47. The van der Waals surface area contributed by atoms with E-state index in [9.17, 15) is 9.59 Å². The highest BCUT2D eigenvalue weighted by Gasteiger charge is 2.15. The number of hydrogen-bond acceptors (Lipinski definition) is 4. The van der Waals surface area contributed by atoms with Crippen LogP contribution in [-0.4, -0.2) is 31.0 Å². The number of methoxy groups -OCH3 is 1. The molecule has 0 aliphatic heterocycles. The first-order valence-corrected chi connectivity index (χ1v) is 8.38. The normalized spacial score (nSPS) is 10.8. The van der Waals surface area contributed by atoms with Crippen molar-refractivity contribution in [1.82, 2.24) is 5.32 Å². The summed E-state index contributed by atoms with van der Waals surface area (Å²) in [5.41, 5.74) is 1.66. The molecule has 0 aromatic heterocycles. The highest BCUT2D eigenvalue weighted by Crippen LogP contribution is 2.22. The molecule has 3 N–H and O–H groups in total. The second-order valence-corrected chi connectivity index (χ2v) is 6.88. The molecule has 0 aliphatic carbocycles. The van der Waals surface area contributed by atoms with E-state index in [1.807, 2.05) is 32.9 Å². The Morgan fingerprint density at radius 2 is 1.65 bits per heavy atom. The number of ether oxygens (including phenoxy) is 1. The quantitative estimate of drug-likeness (QED) is 0.743. The van der Waals surface area contributed by atoms with Crippen LogP contribution in [0.25, 0.3) is 0 Å². The van der Waals surface area contributed by atoms with Crippen LogP contribution in [-0.2, 0) is 4.79 Å². The van der Waals surface area contributed by atoms with E-state index in [1.54, 1.807) is 43.5 Å². The van der Waals surface area contributed by atoms with Gasteiger partial charge in [0, 0.05) is 16.8 Å². The van der Waals surface area contributed by atoms with E-state index in [-0.39, 0.29) is 23.9 Å². The monoisotopic (exact) mass is 355 g/mol. The Kier molecular flexibility index (Phi) is 6.22. The van der Waals surface area contributed by atoms with E-state index in [4.69, 9.17) is 4.74 Å². The number of carbonyl (C=O) groups excluding carboxylic acids is 2. The molecule has 2 aromatic carbocycles. The predicted octanol–water partition coefficient (Wildman–Crippen LogP) is 3.27. The molecule has 0 spiro atoms. The van der Waals surface area contributed by atoms with Crippen LogP contribution in [0.4, 0.5) is 11.4 Å². The molecule has 0 fully saturated rings. The molecule has 0 heterocycles. The van der Waals surface area contributed by atoms with Crippen LogP contribution in [0, 0.1) is 0 Å². The molecule has 0 bridgehead atoms. The van der Waals surface area contributed by atoms with Crippen molar-refractivity contribution >= 4 is 23.2 Å². The van der Waals surface area contributed by atoms with Crippen molar-refractivity contribution < 1.29 is 14.3 Å². The molecule has 6 nitrogen and oxygen atoms in total. The third kappa shape index (κ3) is 5.81. The van der Waals surface area contributed by atoms with Gasteiger partial charge in [-0.25, -0.2) is 0 Å². The summed E-state index contributed by atoms with van der Waals surface area (Å²) in [5, 5.41) is 8.74. The minimum Gasteiger partial charge on any atom is -0.495 e. The maximum atomic E-state index is 12.1. The number of anilines is 2. The van der Waals surface area contributed by atoms with Crippen LogP contribution in [0.2, 0.25) is 0 Å². The zero-order chi connectivity index (χ0) is 19.2. The second-order valence-electron chi connectivity index (χ2n) is 6.88. The van der Waals surface area contributed by atoms with E-state index in [0.717, 1.165) is 5.69 Å². The first-order chi connectivity index (χ1) is 12.3. The molecule has 26 heavy (non-hydrogen) atoms. The van der Waals surface area contributed by atoms with Gasteiger partial charge in [0.15, 0.2) is 0 Å². The summed E-state index contributed by atoms with van der Waals surface area (Å²) >= 11 is 0. The molecule has 138 valence electrons. The molecule has 0 atom stereocenters. The SMILES string of the molecule is COc1ccccc1NC(=O)CNc1ccc(C(=O)NC(C)(C)C)cc1. The van der Waals surface area contributed by atoms with Crippen LogP contribution in [0.5, 0.6) is 5.75 Å². The van der Waals surface area contributed by atoms with Gasteiger partial charge in [0.25, 0.3) is 5.91 Å². The zero-order valence-electron chi connectivity index (χ0n) is 15.6. The Balaban J connectivity index is 1.89. The van der Waals surface area contributed by atoms with Crippen LogP contribution < -0.4 is 20.7 Å². The van der Waals surface area contributed by atoms with Gasteiger partial charge in [-0.05, 0) is 57.2 Å². The maximum Gasteiger partial charge on any atom is 0.251 e. The average Bonchev–Trinajstić information content (AvgIpc) is 2.59. The highest BCUT2D eigenvalue weighted by atomic mass is 16.5. The summed E-state index contributed by atoms with van der Waals surface area (Å²) in [5.74, 6) is 0.289. The molecule has 2 rings (SSSR count). The number of benzene rings is 2. The van der Waals surface area contributed by atoms with Crippen molar-refractivity contribution in [1.29, 1.82) is 0 Å². The number of carbonyl (C=O) groups is 2. The van der Waals surface area contributed by atoms with Crippen molar-refractivity contribution in [3.63, 3.8) is 0 Å². The van der Waals surface area contributed by atoms with Crippen LogP contribution >= 0.6 is 0 Å². The molecule has 0 aliphatic rings. The fourth-order valence-corrected chi connectivity index (χ4v) is 2.28. The number of rotatable bonds is 6. The molecule has 2 aromatic rings. The number of para-hydroxylation sites is 2. The zero-order valence-corrected chi connectivity index (χ0v) is 15.6. The van der Waals surface area contributed by atoms with Crippen LogP contribution in [0.15, 0.2) is 48.5 Å². The Hall–Kier alpha value is -3.02. The minimum atomic E-state index is -0.287. The van der Waals surface area contributed by atoms with Crippen LogP contribution in [0.1, 0.15) is 31.1 Å². The molecular formula is C20H25N3O3. The predicted molar refractivity (Wildman–Crippen MR) is 104 cm³/mol. The Bertz CT molecular complexity index is 765. The van der Waals surface area contributed by atoms with Gasteiger partial charge >= 0.3 is 0 Å². The van der Waals surface area contributed by atoms with Gasteiger partial charge in [0.1, 0.15) is 5.75 Å². The van der Waals surface area contributed by atoms with E-state index in [2.05, 4.69) is 16.0 Å². The standard InChI is InChI=1S/C20H25N3O3/c1-20(2,3)23-19(25)14-9-11-15(12-10-14)21-13-18(24)22-16-7-5-6-8-17(16)26-4/h5-12,21H,13H2,1-4H3,(H,22,24)(H,23,25). The molecule has 2 amide bonds. The number of amides is 2. The summed E-state index contributed by atoms with van der Waals surface area (Å²) in [6.07, 6.45) is 0. The van der Waals surface area contributed by atoms with Crippen molar-refractivity contribution in [2.75, 3.05) is 24.3 Å². The molecule has 6 heteroatoms. The topological polar surface area (TPSA) is 79.5 Å². The summed E-state index contributed by atoms with van der Waals surface area (Å²) in [4.78, 5) is 24.2. The van der Waals surface area contributed by atoms with Gasteiger partial charge in [-0.1, -0.05) is 12.1 Å². The van der Waals surface area contributed by atoms with Gasteiger partial charge < -0.3 is 20.7 Å².